The molecule has 10 heteroatoms. The van der Waals surface area contributed by atoms with E-state index < -0.39 is 34.7 Å². The number of hydrogen-bond acceptors (Lipinski definition) is 5. The molecule has 0 bridgehead atoms. The minimum atomic E-state index is -4.24. The fraction of sp³-hybridized carbons (Fsp3) is 0.240. The molecule has 0 unspecified atom stereocenters. The van der Waals surface area contributed by atoms with Crippen LogP contribution in [-0.2, 0) is 20.4 Å². The van der Waals surface area contributed by atoms with Crippen molar-refractivity contribution in [2.75, 3.05) is 13.7 Å². The van der Waals surface area contributed by atoms with Crippen LogP contribution in [-0.4, -0.2) is 49.2 Å². The Hall–Kier alpha value is -3.34. The molecule has 1 aliphatic rings. The number of aliphatic carboxylic acids is 1. The number of hydrogen-bond donors (Lipinski definition) is 2. The number of rotatable bonds is 9. The van der Waals surface area contributed by atoms with Crippen molar-refractivity contribution < 1.29 is 36.9 Å². The Morgan fingerprint density at radius 1 is 0.943 bits per heavy atom. The highest BCUT2D eigenvalue weighted by atomic mass is 32.2. The Bertz CT molecular complexity index is 1230. The van der Waals surface area contributed by atoms with Crippen LogP contribution in [0.3, 0.4) is 0 Å². The molecule has 0 aromatic heterocycles. The zero-order valence-electron chi connectivity index (χ0n) is 18.8. The van der Waals surface area contributed by atoms with Gasteiger partial charge in [-0.15, -0.1) is 0 Å². The second-order valence-electron chi connectivity index (χ2n) is 7.73. The highest BCUT2D eigenvalue weighted by Crippen LogP contribution is 2.53. The number of aliphatic hydroxyl groups excluding tert-OH is 1. The number of aliphatic hydroxyl groups is 1. The molecule has 3 aromatic rings. The molecule has 0 heterocycles. The number of alkyl halides is 2. The zero-order chi connectivity index (χ0) is 25.6. The molecule has 0 radical (unpaired) electrons. The maximum absolute atomic E-state index is 13.4. The standard InChI is InChI=1S/C24H21F2NO5S.CH4O/c25-23(26)32-20-10-12-21(13-11-20)33(30,31)27(16-22(28)29)24(14-15-24)19-8-6-18(7-9-19)17-4-2-1-3-5-17;1-2/h1-13,23H,14-16H2,(H,28,29);2H,1H3. The normalized spacial score (nSPS) is 14.2. The van der Waals surface area contributed by atoms with Gasteiger partial charge in [-0.25, -0.2) is 8.42 Å². The van der Waals surface area contributed by atoms with Crippen molar-refractivity contribution in [3.63, 3.8) is 0 Å². The number of carbonyl (C=O) groups is 1. The van der Waals surface area contributed by atoms with Gasteiger partial charge < -0.3 is 14.9 Å². The number of benzene rings is 3. The van der Waals surface area contributed by atoms with Gasteiger partial charge in [-0.3, -0.25) is 4.79 Å². The van der Waals surface area contributed by atoms with Crippen molar-refractivity contribution in [1.29, 1.82) is 0 Å². The van der Waals surface area contributed by atoms with Gasteiger partial charge in [0.1, 0.15) is 12.3 Å². The molecule has 3 aromatic carbocycles. The molecule has 35 heavy (non-hydrogen) atoms. The van der Waals surface area contributed by atoms with Crippen molar-refractivity contribution in [3.8, 4) is 16.9 Å². The van der Waals surface area contributed by atoms with E-state index in [9.17, 15) is 27.1 Å². The van der Waals surface area contributed by atoms with Gasteiger partial charge in [-0.1, -0.05) is 54.6 Å². The summed E-state index contributed by atoms with van der Waals surface area (Å²) in [7, 11) is -3.24. The van der Waals surface area contributed by atoms with Gasteiger partial charge >= 0.3 is 12.6 Å². The van der Waals surface area contributed by atoms with E-state index in [1.165, 1.54) is 0 Å². The van der Waals surface area contributed by atoms with Crippen LogP contribution in [0.4, 0.5) is 8.78 Å². The van der Waals surface area contributed by atoms with E-state index >= 15 is 0 Å². The molecule has 0 atom stereocenters. The Balaban J connectivity index is 0.00000167. The summed E-state index contributed by atoms with van der Waals surface area (Å²) in [5.74, 6) is -1.48. The first-order valence-corrected chi connectivity index (χ1v) is 12.1. The largest absolute Gasteiger partial charge is 0.480 e. The molecule has 0 amide bonds. The lowest BCUT2D eigenvalue weighted by molar-refractivity contribution is -0.137. The Labute approximate surface area is 202 Å². The van der Waals surface area contributed by atoms with Crippen LogP contribution in [0.2, 0.25) is 0 Å². The van der Waals surface area contributed by atoms with Gasteiger partial charge in [-0.2, -0.15) is 13.1 Å². The van der Waals surface area contributed by atoms with Gasteiger partial charge in [-0.05, 0) is 53.8 Å². The van der Waals surface area contributed by atoms with E-state index in [-0.39, 0.29) is 10.6 Å². The van der Waals surface area contributed by atoms with Gasteiger partial charge in [0.05, 0.1) is 10.4 Å². The van der Waals surface area contributed by atoms with Crippen LogP contribution in [0.5, 0.6) is 5.75 Å². The smallest absolute Gasteiger partial charge is 0.387 e. The maximum Gasteiger partial charge on any atom is 0.387 e. The quantitative estimate of drug-likeness (QED) is 0.449. The third-order valence-electron chi connectivity index (χ3n) is 5.65. The van der Waals surface area contributed by atoms with E-state index in [1.54, 1.807) is 0 Å². The lowest BCUT2D eigenvalue weighted by Gasteiger charge is -2.30. The fourth-order valence-corrected chi connectivity index (χ4v) is 5.68. The summed E-state index contributed by atoms with van der Waals surface area (Å²) in [4.78, 5) is 11.4. The average molecular weight is 506 g/mol. The topological polar surface area (TPSA) is 104 Å². The maximum atomic E-state index is 13.4. The van der Waals surface area contributed by atoms with E-state index in [1.807, 2.05) is 54.6 Å². The summed E-state index contributed by atoms with van der Waals surface area (Å²) >= 11 is 0. The van der Waals surface area contributed by atoms with Crippen LogP contribution < -0.4 is 4.74 Å². The Morgan fingerprint density at radius 2 is 1.49 bits per heavy atom. The Kier molecular flexibility index (Phi) is 8.21. The molecule has 0 spiro atoms. The number of carboxylic acid groups (broad SMARTS) is 1. The molecular formula is C25H25F2NO6S. The molecule has 1 saturated carbocycles. The molecule has 4 rings (SSSR count). The van der Waals surface area contributed by atoms with E-state index in [2.05, 4.69) is 4.74 Å². The molecule has 7 nitrogen and oxygen atoms in total. The van der Waals surface area contributed by atoms with E-state index in [4.69, 9.17) is 5.11 Å². The summed E-state index contributed by atoms with van der Waals surface area (Å²) in [5, 5.41) is 16.5. The number of halogens is 2. The highest BCUT2D eigenvalue weighted by molar-refractivity contribution is 7.89. The monoisotopic (exact) mass is 505 g/mol. The summed E-state index contributed by atoms with van der Waals surface area (Å²) < 4.78 is 56.9. The summed E-state index contributed by atoms with van der Waals surface area (Å²) in [6.45, 7) is -3.76. The van der Waals surface area contributed by atoms with Crippen molar-refractivity contribution in [1.82, 2.24) is 4.31 Å². The third-order valence-corrected chi connectivity index (χ3v) is 7.57. The van der Waals surface area contributed by atoms with Crippen LogP contribution >= 0.6 is 0 Å². The minimum Gasteiger partial charge on any atom is -0.480 e. The molecule has 0 aliphatic heterocycles. The SMILES string of the molecule is CO.O=C(O)CN(C1(c2ccc(-c3ccccc3)cc2)CC1)S(=O)(=O)c1ccc(OC(F)F)cc1. The van der Waals surface area contributed by atoms with Crippen molar-refractivity contribution >= 4 is 16.0 Å². The van der Waals surface area contributed by atoms with Gasteiger partial charge in [0.25, 0.3) is 0 Å². The summed E-state index contributed by atoms with van der Waals surface area (Å²) in [6.07, 6.45) is 0.938. The van der Waals surface area contributed by atoms with Crippen molar-refractivity contribution in [3.05, 3.63) is 84.4 Å². The molecule has 1 fully saturated rings. The first kappa shape index (κ1) is 26.3. The van der Waals surface area contributed by atoms with Gasteiger partial charge in [0, 0.05) is 7.11 Å². The fourth-order valence-electron chi connectivity index (χ4n) is 3.91. The second-order valence-corrected chi connectivity index (χ2v) is 9.59. The van der Waals surface area contributed by atoms with Gasteiger partial charge in [0.15, 0.2) is 0 Å². The first-order chi connectivity index (χ1) is 16.7. The van der Waals surface area contributed by atoms with Crippen LogP contribution in [0.1, 0.15) is 18.4 Å². The van der Waals surface area contributed by atoms with Crippen LogP contribution in [0, 0.1) is 0 Å². The zero-order valence-corrected chi connectivity index (χ0v) is 19.7. The Morgan fingerprint density at radius 3 is 1.97 bits per heavy atom. The van der Waals surface area contributed by atoms with Crippen molar-refractivity contribution in [2.45, 2.75) is 29.9 Å². The van der Waals surface area contributed by atoms with Crippen molar-refractivity contribution in [2.24, 2.45) is 0 Å². The lowest BCUT2D eigenvalue weighted by atomic mass is 9.99. The molecule has 186 valence electrons. The number of nitrogens with zero attached hydrogens (tertiary/aromatic N) is 1. The molecule has 2 N–H and O–H groups in total. The second kappa shape index (κ2) is 10.9. The predicted molar refractivity (Wildman–Crippen MR) is 126 cm³/mol. The van der Waals surface area contributed by atoms with E-state index in [0.717, 1.165) is 46.8 Å². The summed E-state index contributed by atoms with van der Waals surface area (Å²) in [6, 6.07) is 21.6. The first-order valence-electron chi connectivity index (χ1n) is 10.6. The highest BCUT2D eigenvalue weighted by Gasteiger charge is 2.55. The lowest BCUT2D eigenvalue weighted by Crippen LogP contribution is -2.43. The average Bonchev–Trinajstić information content (AvgIpc) is 3.66. The molecule has 1 aliphatic carbocycles. The van der Waals surface area contributed by atoms with Gasteiger partial charge in [0.2, 0.25) is 10.0 Å². The molecular weight excluding hydrogens is 480 g/mol. The predicted octanol–water partition coefficient (Wildman–Crippen LogP) is 4.33. The minimum absolute atomic E-state index is 0.189. The third kappa shape index (κ3) is 5.84. The van der Waals surface area contributed by atoms with E-state index in [0.29, 0.717) is 18.4 Å². The number of ether oxygens (including phenoxy) is 1. The molecule has 0 saturated heterocycles. The van der Waals surface area contributed by atoms with Crippen LogP contribution in [0.25, 0.3) is 11.1 Å². The number of sulfonamides is 1. The number of carboxylic acids is 1. The summed E-state index contributed by atoms with van der Waals surface area (Å²) in [5.41, 5.74) is 1.68. The van der Waals surface area contributed by atoms with Crippen LogP contribution in [0.15, 0.2) is 83.8 Å².